The molecule has 2 aliphatic heterocycles. The molecule has 2 saturated heterocycles. The van der Waals surface area contributed by atoms with E-state index in [1.165, 1.54) is 6.92 Å². The van der Waals surface area contributed by atoms with Crippen molar-refractivity contribution in [2.75, 3.05) is 13.2 Å². The Kier molecular flexibility index (Phi) is 7.69. The van der Waals surface area contributed by atoms with Crippen molar-refractivity contribution in [3.05, 3.63) is 71.8 Å². The third kappa shape index (κ3) is 5.95. The molecule has 33 heavy (non-hydrogen) atoms. The summed E-state index contributed by atoms with van der Waals surface area (Å²) < 4.78 is 29.8. The molecule has 4 rings (SSSR count). The van der Waals surface area contributed by atoms with Gasteiger partial charge in [-0.1, -0.05) is 60.7 Å². The van der Waals surface area contributed by atoms with Crippen molar-refractivity contribution < 1.29 is 38.4 Å². The predicted octanol–water partition coefficient (Wildman–Crippen LogP) is 0.682. The molecule has 2 aliphatic rings. The van der Waals surface area contributed by atoms with Gasteiger partial charge in [0.2, 0.25) is 5.91 Å². The van der Waals surface area contributed by atoms with Gasteiger partial charge < -0.3 is 38.9 Å². The highest BCUT2D eigenvalue weighted by atomic mass is 16.8. The summed E-state index contributed by atoms with van der Waals surface area (Å²) in [6.07, 6.45) is -3.78. The average molecular weight is 456 g/mol. The Balaban J connectivity index is 1.56. The van der Waals surface area contributed by atoms with Crippen LogP contribution in [0.3, 0.4) is 0 Å². The first-order chi connectivity index (χ1) is 16.0. The number of nitrogens with one attached hydrogen (secondary N) is 1. The summed E-state index contributed by atoms with van der Waals surface area (Å²) in [5.41, 5.74) is 1.71. The van der Waals surface area contributed by atoms with Crippen LogP contribution >= 0.6 is 0 Å². The molecule has 2 aromatic carbocycles. The number of carbonyl (C=O) groups is 2. The number of carboxylic acid groups (broad SMARTS) is 1. The van der Waals surface area contributed by atoms with Gasteiger partial charge in [0.05, 0.1) is 25.8 Å². The number of fused-ring (bicyclic) bond motifs is 1. The van der Waals surface area contributed by atoms with Gasteiger partial charge in [-0.25, -0.2) is 0 Å². The van der Waals surface area contributed by atoms with Crippen LogP contribution in [0.25, 0.3) is 0 Å². The van der Waals surface area contributed by atoms with E-state index in [0.29, 0.717) is 0 Å². The summed E-state index contributed by atoms with van der Waals surface area (Å²) in [4.78, 5) is 23.1. The predicted molar refractivity (Wildman–Crippen MR) is 112 cm³/mol. The van der Waals surface area contributed by atoms with Crippen LogP contribution in [0.5, 0.6) is 0 Å². The van der Waals surface area contributed by atoms with Gasteiger partial charge in [-0.15, -0.1) is 0 Å². The fourth-order valence-corrected chi connectivity index (χ4v) is 4.00. The maximum atomic E-state index is 12.0. The molecule has 9 heteroatoms. The quantitative estimate of drug-likeness (QED) is 0.617. The van der Waals surface area contributed by atoms with Crippen LogP contribution in [0.15, 0.2) is 60.7 Å². The van der Waals surface area contributed by atoms with Crippen molar-refractivity contribution in [1.82, 2.24) is 5.32 Å². The zero-order chi connectivity index (χ0) is 23.2. The first-order valence-corrected chi connectivity index (χ1v) is 10.7. The van der Waals surface area contributed by atoms with Gasteiger partial charge in [-0.3, -0.25) is 4.79 Å². The lowest BCUT2D eigenvalue weighted by Crippen LogP contribution is -2.67. The van der Waals surface area contributed by atoms with Crippen LogP contribution in [0, 0.1) is 0 Å². The average Bonchev–Trinajstić information content (AvgIpc) is 2.82. The van der Waals surface area contributed by atoms with E-state index < -0.39 is 49.5 Å². The Morgan fingerprint density at radius 1 is 1.03 bits per heavy atom. The third-order valence-electron chi connectivity index (χ3n) is 5.43. The topological polar surface area (TPSA) is 115 Å². The van der Waals surface area contributed by atoms with Gasteiger partial charge in [-0.2, -0.15) is 0 Å². The summed E-state index contributed by atoms with van der Waals surface area (Å²) in [6, 6.07) is 18.0. The molecule has 1 amide bonds. The number of rotatable bonds is 8. The molecule has 176 valence electrons. The van der Waals surface area contributed by atoms with E-state index >= 15 is 0 Å². The summed E-state index contributed by atoms with van der Waals surface area (Å²) in [5.74, 6) is -1.72. The minimum atomic E-state index is -1.38. The lowest BCUT2D eigenvalue weighted by Gasteiger charge is -2.49. The molecule has 0 bridgehead atoms. The number of amides is 1. The maximum Gasteiger partial charge on any atom is 0.217 e. The minimum Gasteiger partial charge on any atom is -0.548 e. The molecule has 0 aliphatic carbocycles. The van der Waals surface area contributed by atoms with Crippen LogP contribution in [-0.4, -0.2) is 55.7 Å². The first kappa shape index (κ1) is 23.3. The first-order valence-electron chi connectivity index (χ1n) is 10.7. The number of hydrogen-bond acceptors (Lipinski definition) is 8. The molecular weight excluding hydrogens is 430 g/mol. The Morgan fingerprint density at radius 2 is 1.73 bits per heavy atom. The molecule has 0 unspecified atom stereocenters. The highest BCUT2D eigenvalue weighted by Crippen LogP contribution is 2.35. The Hall–Kier alpha value is -2.82. The fraction of sp³-hybridized carbons (Fsp3) is 0.417. The van der Waals surface area contributed by atoms with Gasteiger partial charge in [0.15, 0.2) is 12.6 Å². The van der Waals surface area contributed by atoms with E-state index in [2.05, 4.69) is 5.32 Å². The molecule has 0 saturated carbocycles. The summed E-state index contributed by atoms with van der Waals surface area (Å²) in [6.45, 7) is 1.08. The molecule has 9 nitrogen and oxygen atoms in total. The Bertz CT molecular complexity index is 925. The molecular formula is C24H26NO8-. The maximum absolute atomic E-state index is 12.0. The van der Waals surface area contributed by atoms with E-state index in [-0.39, 0.29) is 19.1 Å². The zero-order valence-corrected chi connectivity index (χ0v) is 18.1. The largest absolute Gasteiger partial charge is 0.548 e. The van der Waals surface area contributed by atoms with Gasteiger partial charge in [0.1, 0.15) is 24.4 Å². The highest BCUT2D eigenvalue weighted by Gasteiger charge is 2.51. The number of ether oxygens (including phenoxy) is 5. The van der Waals surface area contributed by atoms with Crippen LogP contribution in [-0.2, 0) is 39.9 Å². The molecule has 2 aromatic rings. The van der Waals surface area contributed by atoms with Gasteiger partial charge in [0.25, 0.3) is 0 Å². The van der Waals surface area contributed by atoms with Crippen LogP contribution in [0.2, 0.25) is 0 Å². The molecule has 2 fully saturated rings. The van der Waals surface area contributed by atoms with Crippen LogP contribution in [0.1, 0.15) is 24.3 Å². The molecule has 6 atom stereocenters. The van der Waals surface area contributed by atoms with Crippen molar-refractivity contribution in [3.63, 3.8) is 0 Å². The SMILES string of the molecule is CC(=O)N[C@H]1[C@@H](OCc2ccccc2)O[C@@H]2CO[C@@H](c3ccccc3)O[C@H]2[C@@H]1OCC(=O)[O-]. The van der Waals surface area contributed by atoms with Crippen molar-refractivity contribution in [1.29, 1.82) is 0 Å². The lowest BCUT2D eigenvalue weighted by atomic mass is 9.95. The molecule has 0 spiro atoms. The number of benzene rings is 2. The van der Waals surface area contributed by atoms with E-state index in [1.54, 1.807) is 0 Å². The second kappa shape index (κ2) is 10.9. The molecule has 0 aromatic heterocycles. The third-order valence-corrected chi connectivity index (χ3v) is 5.43. The second-order valence-corrected chi connectivity index (χ2v) is 7.89. The van der Waals surface area contributed by atoms with Crippen molar-refractivity contribution in [3.8, 4) is 0 Å². The van der Waals surface area contributed by atoms with Gasteiger partial charge >= 0.3 is 0 Å². The van der Waals surface area contributed by atoms with E-state index in [4.69, 9.17) is 23.7 Å². The minimum absolute atomic E-state index is 0.174. The number of carboxylic acids is 1. The lowest BCUT2D eigenvalue weighted by molar-refractivity contribution is -0.353. The van der Waals surface area contributed by atoms with E-state index in [0.717, 1.165) is 11.1 Å². The zero-order valence-electron chi connectivity index (χ0n) is 18.1. The van der Waals surface area contributed by atoms with Crippen molar-refractivity contribution >= 4 is 11.9 Å². The van der Waals surface area contributed by atoms with E-state index in [1.807, 2.05) is 60.7 Å². The van der Waals surface area contributed by atoms with Crippen molar-refractivity contribution in [2.24, 2.45) is 0 Å². The van der Waals surface area contributed by atoms with Crippen LogP contribution in [0.4, 0.5) is 0 Å². The van der Waals surface area contributed by atoms with Crippen LogP contribution < -0.4 is 10.4 Å². The second-order valence-electron chi connectivity index (χ2n) is 7.89. The summed E-state index contributed by atoms with van der Waals surface area (Å²) in [5, 5.41) is 13.9. The van der Waals surface area contributed by atoms with Gasteiger partial charge in [0, 0.05) is 12.5 Å². The normalized spacial score (nSPS) is 29.1. The Morgan fingerprint density at radius 3 is 2.39 bits per heavy atom. The molecule has 2 heterocycles. The van der Waals surface area contributed by atoms with E-state index in [9.17, 15) is 14.7 Å². The van der Waals surface area contributed by atoms with Crippen molar-refractivity contribution in [2.45, 2.75) is 50.5 Å². The fourth-order valence-electron chi connectivity index (χ4n) is 4.00. The molecule has 1 N–H and O–H groups in total. The summed E-state index contributed by atoms with van der Waals surface area (Å²) >= 11 is 0. The number of aliphatic carboxylic acids is 1. The number of hydrogen-bond donors (Lipinski definition) is 1. The number of carbonyl (C=O) groups excluding carboxylic acids is 2. The monoisotopic (exact) mass is 456 g/mol. The Labute approximate surface area is 191 Å². The standard InChI is InChI=1S/C24H27NO8/c1-15(26)25-20-22(29-14-19(27)28)21-18(13-31-23(33-21)17-10-6-3-7-11-17)32-24(20)30-12-16-8-4-2-5-9-16/h2-11,18,20-24H,12-14H2,1H3,(H,25,26)(H,27,28)/p-1/t18-,20-,21-,22-,23-,24+/m1/s1. The smallest absolute Gasteiger partial charge is 0.217 e. The highest BCUT2D eigenvalue weighted by molar-refractivity contribution is 5.73. The molecule has 0 radical (unpaired) electrons. The summed E-state index contributed by atoms with van der Waals surface area (Å²) in [7, 11) is 0. The van der Waals surface area contributed by atoms with Gasteiger partial charge in [-0.05, 0) is 5.56 Å².